The Bertz CT molecular complexity index is 855. The zero-order chi connectivity index (χ0) is 17.5. The Morgan fingerprint density at radius 2 is 1.88 bits per heavy atom. The van der Waals surface area contributed by atoms with Crippen molar-refractivity contribution >= 4 is 33.6 Å². The monoisotopic (exact) mass is 388 g/mol. The highest BCUT2D eigenvalue weighted by Crippen LogP contribution is 2.18. The van der Waals surface area contributed by atoms with Crippen molar-refractivity contribution in [3.8, 4) is 6.07 Å². The number of rotatable bonds is 4. The highest BCUT2D eigenvalue weighted by molar-refractivity contribution is 9.12. The molecule has 24 heavy (non-hydrogen) atoms. The zero-order valence-electron chi connectivity index (χ0n) is 12.3. The molecular formula is C18H11BrF2N2O. The molecule has 0 unspecified atom stereocenters. The fraction of sp³-hybridized carbons (Fsp3) is 0. The van der Waals surface area contributed by atoms with Crippen LogP contribution in [-0.2, 0) is 4.79 Å². The highest BCUT2D eigenvalue weighted by Gasteiger charge is 2.12. The second-order valence-electron chi connectivity index (χ2n) is 4.69. The van der Waals surface area contributed by atoms with Gasteiger partial charge in [0, 0.05) is 10.5 Å². The molecule has 0 radical (unpaired) electrons. The van der Waals surface area contributed by atoms with Gasteiger partial charge in [0.05, 0.1) is 5.69 Å². The third-order valence-corrected chi connectivity index (χ3v) is 3.39. The van der Waals surface area contributed by atoms with E-state index in [0.717, 1.165) is 17.7 Å². The first-order chi connectivity index (χ1) is 11.5. The van der Waals surface area contributed by atoms with Crippen LogP contribution in [0.5, 0.6) is 0 Å². The lowest BCUT2D eigenvalue weighted by molar-refractivity contribution is -0.112. The van der Waals surface area contributed by atoms with E-state index in [4.69, 9.17) is 5.26 Å². The van der Waals surface area contributed by atoms with Crippen molar-refractivity contribution in [1.29, 1.82) is 5.26 Å². The van der Waals surface area contributed by atoms with Crippen molar-refractivity contribution in [2.24, 2.45) is 0 Å². The van der Waals surface area contributed by atoms with Crippen molar-refractivity contribution in [1.82, 2.24) is 0 Å². The summed E-state index contributed by atoms with van der Waals surface area (Å²) < 4.78 is 26.9. The standard InChI is InChI=1S/C18H11BrF2N2O/c19-14(8-12-4-2-1-3-5-12)9-13(11-22)18(24)23-17-7-6-15(20)10-16(17)21/h1-10H,(H,23,24)/b13-9+,14-8-. The number of allylic oxidation sites excluding steroid dienone is 2. The van der Waals surface area contributed by atoms with Crippen LogP contribution in [0, 0.1) is 23.0 Å². The van der Waals surface area contributed by atoms with Crippen LogP contribution in [0.15, 0.2) is 64.7 Å². The summed E-state index contributed by atoms with van der Waals surface area (Å²) in [6.45, 7) is 0. The molecule has 0 heterocycles. The first kappa shape index (κ1) is 17.6. The molecule has 3 nitrogen and oxygen atoms in total. The summed E-state index contributed by atoms with van der Waals surface area (Å²) >= 11 is 3.26. The maximum atomic E-state index is 13.6. The maximum absolute atomic E-state index is 13.6. The van der Waals surface area contributed by atoms with Crippen LogP contribution in [0.25, 0.3) is 6.08 Å². The Balaban J connectivity index is 2.19. The molecule has 0 bridgehead atoms. The molecule has 2 rings (SSSR count). The number of nitrogens with one attached hydrogen (secondary N) is 1. The van der Waals surface area contributed by atoms with Crippen LogP contribution >= 0.6 is 15.9 Å². The predicted molar refractivity (Wildman–Crippen MR) is 92.0 cm³/mol. The number of anilines is 1. The summed E-state index contributed by atoms with van der Waals surface area (Å²) in [5.74, 6) is -2.46. The molecule has 0 saturated heterocycles. The van der Waals surface area contributed by atoms with E-state index in [1.54, 1.807) is 12.1 Å². The van der Waals surface area contributed by atoms with Crippen molar-refractivity contribution in [3.05, 3.63) is 81.9 Å². The highest BCUT2D eigenvalue weighted by atomic mass is 79.9. The Kier molecular flexibility index (Phi) is 5.99. The molecule has 0 aliphatic heterocycles. The van der Waals surface area contributed by atoms with Gasteiger partial charge in [-0.1, -0.05) is 46.3 Å². The number of nitriles is 1. The second-order valence-corrected chi connectivity index (χ2v) is 5.60. The summed E-state index contributed by atoms with van der Waals surface area (Å²) in [7, 11) is 0. The van der Waals surface area contributed by atoms with E-state index in [9.17, 15) is 13.6 Å². The number of carbonyl (C=O) groups excluding carboxylic acids is 1. The molecule has 2 aromatic carbocycles. The lowest BCUT2D eigenvalue weighted by Crippen LogP contribution is -2.14. The lowest BCUT2D eigenvalue weighted by atomic mass is 10.2. The molecular weight excluding hydrogens is 378 g/mol. The van der Waals surface area contributed by atoms with Gasteiger partial charge in [-0.15, -0.1) is 0 Å². The van der Waals surface area contributed by atoms with Crippen molar-refractivity contribution in [2.45, 2.75) is 0 Å². The summed E-state index contributed by atoms with van der Waals surface area (Å²) in [6.07, 6.45) is 3.05. The van der Waals surface area contributed by atoms with E-state index in [1.165, 1.54) is 6.08 Å². The topological polar surface area (TPSA) is 52.9 Å². The minimum absolute atomic E-state index is 0.203. The number of benzene rings is 2. The summed E-state index contributed by atoms with van der Waals surface area (Å²) in [5, 5.41) is 11.4. The summed E-state index contributed by atoms with van der Waals surface area (Å²) in [6, 6.07) is 13.8. The average molecular weight is 389 g/mol. The number of amides is 1. The van der Waals surface area contributed by atoms with Gasteiger partial charge < -0.3 is 5.32 Å². The van der Waals surface area contributed by atoms with Gasteiger partial charge in [-0.25, -0.2) is 8.78 Å². The normalized spacial score (nSPS) is 11.8. The summed E-state index contributed by atoms with van der Waals surface area (Å²) in [5.41, 5.74) is 0.450. The van der Waals surface area contributed by atoms with E-state index < -0.39 is 17.5 Å². The van der Waals surface area contributed by atoms with Crippen LogP contribution in [0.4, 0.5) is 14.5 Å². The Hall–Kier alpha value is -2.78. The van der Waals surface area contributed by atoms with E-state index in [1.807, 2.05) is 30.3 Å². The van der Waals surface area contributed by atoms with E-state index in [0.29, 0.717) is 10.5 Å². The minimum Gasteiger partial charge on any atom is -0.319 e. The van der Waals surface area contributed by atoms with Gasteiger partial charge in [0.15, 0.2) is 0 Å². The van der Waals surface area contributed by atoms with E-state index in [-0.39, 0.29) is 11.3 Å². The molecule has 1 N–H and O–H groups in total. The van der Waals surface area contributed by atoms with Gasteiger partial charge >= 0.3 is 0 Å². The van der Waals surface area contributed by atoms with Crippen molar-refractivity contribution in [2.75, 3.05) is 5.32 Å². The first-order valence-electron chi connectivity index (χ1n) is 6.80. The lowest BCUT2D eigenvalue weighted by Gasteiger charge is -2.05. The third-order valence-electron chi connectivity index (χ3n) is 2.93. The van der Waals surface area contributed by atoms with Crippen molar-refractivity contribution in [3.63, 3.8) is 0 Å². The second kappa shape index (κ2) is 8.18. The minimum atomic E-state index is -0.917. The van der Waals surface area contributed by atoms with Crippen LogP contribution in [0.2, 0.25) is 0 Å². The average Bonchev–Trinajstić information content (AvgIpc) is 2.56. The van der Waals surface area contributed by atoms with Gasteiger partial charge in [-0.05, 0) is 29.8 Å². The molecule has 2 aromatic rings. The molecule has 0 atom stereocenters. The van der Waals surface area contributed by atoms with Gasteiger partial charge in [0.2, 0.25) is 0 Å². The molecule has 120 valence electrons. The number of nitrogens with zero attached hydrogens (tertiary/aromatic N) is 1. The number of halogens is 3. The van der Waals surface area contributed by atoms with E-state index >= 15 is 0 Å². The first-order valence-corrected chi connectivity index (χ1v) is 7.59. The molecule has 0 aromatic heterocycles. The number of hydrogen-bond donors (Lipinski definition) is 1. The fourth-order valence-corrected chi connectivity index (χ4v) is 2.31. The Morgan fingerprint density at radius 1 is 1.17 bits per heavy atom. The number of carbonyl (C=O) groups is 1. The molecule has 0 saturated carbocycles. The fourth-order valence-electron chi connectivity index (χ4n) is 1.82. The van der Waals surface area contributed by atoms with Crippen molar-refractivity contribution < 1.29 is 13.6 Å². The predicted octanol–water partition coefficient (Wildman–Crippen LogP) is 4.79. The van der Waals surface area contributed by atoms with Crippen LogP contribution in [0.3, 0.4) is 0 Å². The molecule has 0 fully saturated rings. The van der Waals surface area contributed by atoms with Gasteiger partial charge in [-0.3, -0.25) is 4.79 Å². The third kappa shape index (κ3) is 4.86. The SMILES string of the molecule is N#C/C(=C\C(Br)=C\c1ccccc1)C(=O)Nc1ccc(F)cc1F. The molecule has 0 spiro atoms. The van der Waals surface area contributed by atoms with Gasteiger partial charge in [0.1, 0.15) is 23.3 Å². The molecule has 0 aliphatic carbocycles. The zero-order valence-corrected chi connectivity index (χ0v) is 13.8. The van der Waals surface area contributed by atoms with E-state index in [2.05, 4.69) is 21.2 Å². The van der Waals surface area contributed by atoms with Gasteiger partial charge in [0.25, 0.3) is 5.91 Å². The molecule has 0 aliphatic rings. The van der Waals surface area contributed by atoms with Crippen LogP contribution < -0.4 is 5.32 Å². The molecule has 1 amide bonds. The largest absolute Gasteiger partial charge is 0.319 e. The smallest absolute Gasteiger partial charge is 0.266 e. The quantitative estimate of drug-likeness (QED) is 0.465. The summed E-state index contributed by atoms with van der Waals surface area (Å²) in [4.78, 5) is 12.1. The van der Waals surface area contributed by atoms with Crippen LogP contribution in [-0.4, -0.2) is 5.91 Å². The maximum Gasteiger partial charge on any atom is 0.266 e. The van der Waals surface area contributed by atoms with Gasteiger partial charge in [-0.2, -0.15) is 5.26 Å². The molecule has 6 heteroatoms. The Labute approximate surface area is 146 Å². The van der Waals surface area contributed by atoms with Crippen LogP contribution in [0.1, 0.15) is 5.56 Å². The Morgan fingerprint density at radius 3 is 2.50 bits per heavy atom. The number of hydrogen-bond acceptors (Lipinski definition) is 2.